The maximum atomic E-state index is 12.3. The number of rotatable bonds is 5. The molecule has 0 saturated heterocycles. The Morgan fingerprint density at radius 3 is 2.33 bits per heavy atom. The average molecular weight is 288 g/mol. The summed E-state index contributed by atoms with van der Waals surface area (Å²) in [5, 5.41) is 1.35. The second kappa shape index (κ2) is 6.49. The van der Waals surface area contributed by atoms with Crippen LogP contribution in [0.1, 0.15) is 25.0 Å². The highest BCUT2D eigenvalue weighted by Gasteiger charge is 2.13. The van der Waals surface area contributed by atoms with Crippen molar-refractivity contribution in [3.05, 3.63) is 46.1 Å². The van der Waals surface area contributed by atoms with Gasteiger partial charge in [-0.05, 0) is 24.0 Å². The molecule has 0 N–H and O–H groups in total. The maximum Gasteiger partial charge on any atom is 0.356 e. The van der Waals surface area contributed by atoms with E-state index in [4.69, 9.17) is 4.84 Å². The Labute approximate surface area is 124 Å². The lowest BCUT2D eigenvalue weighted by atomic mass is 10.0. The topological polar surface area (TPSA) is 60.3 Å². The van der Waals surface area contributed by atoms with E-state index in [1.165, 1.54) is 23.1 Å². The number of hydroxylamine groups is 1. The summed E-state index contributed by atoms with van der Waals surface area (Å²) < 4.78 is 1.50. The number of hydrogen-bond donors (Lipinski definition) is 0. The molecule has 1 aromatic heterocycles. The molecule has 0 aliphatic carbocycles. The minimum atomic E-state index is -0.362. The number of hydrogen-bond acceptors (Lipinski definition) is 5. The van der Waals surface area contributed by atoms with Crippen molar-refractivity contribution < 1.29 is 4.84 Å². The number of aryl methyl sites for hydroxylation is 2. The van der Waals surface area contributed by atoms with Gasteiger partial charge in [0.15, 0.2) is 0 Å². The van der Waals surface area contributed by atoms with Gasteiger partial charge in [-0.2, -0.15) is 4.98 Å². The SMILES string of the molecule is CCc1cccc(CC)c1-n1cnc(N(C)OC)nc1=O. The van der Waals surface area contributed by atoms with Gasteiger partial charge in [-0.25, -0.2) is 14.8 Å². The van der Waals surface area contributed by atoms with E-state index in [2.05, 4.69) is 23.8 Å². The van der Waals surface area contributed by atoms with Crippen LogP contribution in [0.5, 0.6) is 0 Å². The van der Waals surface area contributed by atoms with Crippen LogP contribution in [0.4, 0.5) is 5.95 Å². The molecule has 2 aromatic rings. The molecule has 0 bridgehead atoms. The average Bonchev–Trinajstić information content (AvgIpc) is 2.53. The summed E-state index contributed by atoms with van der Waals surface area (Å²) >= 11 is 0. The molecule has 112 valence electrons. The molecule has 0 saturated carbocycles. The molecule has 6 heteroatoms. The van der Waals surface area contributed by atoms with Gasteiger partial charge in [0.2, 0.25) is 0 Å². The molecule has 0 amide bonds. The molecule has 0 spiro atoms. The van der Waals surface area contributed by atoms with Gasteiger partial charge in [-0.3, -0.25) is 9.40 Å². The summed E-state index contributed by atoms with van der Waals surface area (Å²) in [5.74, 6) is 0.241. The van der Waals surface area contributed by atoms with Crippen molar-refractivity contribution in [2.45, 2.75) is 26.7 Å². The Morgan fingerprint density at radius 1 is 1.24 bits per heavy atom. The number of nitrogens with zero attached hydrogens (tertiary/aromatic N) is 4. The van der Waals surface area contributed by atoms with Crippen LogP contribution >= 0.6 is 0 Å². The molecular formula is C15H20N4O2. The van der Waals surface area contributed by atoms with Crippen LogP contribution < -0.4 is 10.8 Å². The van der Waals surface area contributed by atoms with Crippen LogP contribution in [0.25, 0.3) is 5.69 Å². The molecule has 0 aliphatic rings. The zero-order chi connectivity index (χ0) is 15.4. The zero-order valence-electron chi connectivity index (χ0n) is 12.8. The molecule has 21 heavy (non-hydrogen) atoms. The first-order valence-corrected chi connectivity index (χ1v) is 6.97. The number of aromatic nitrogens is 3. The molecule has 0 unspecified atom stereocenters. The van der Waals surface area contributed by atoms with Crippen LogP contribution in [0.15, 0.2) is 29.3 Å². The second-order valence-electron chi connectivity index (χ2n) is 4.62. The van der Waals surface area contributed by atoms with E-state index in [0.717, 1.165) is 29.7 Å². The molecule has 2 rings (SSSR count). The zero-order valence-corrected chi connectivity index (χ0v) is 12.8. The van der Waals surface area contributed by atoms with Crippen LogP contribution in [0.2, 0.25) is 0 Å². The van der Waals surface area contributed by atoms with Crippen LogP contribution in [0, 0.1) is 0 Å². The fourth-order valence-corrected chi connectivity index (χ4v) is 2.24. The van der Waals surface area contributed by atoms with Gasteiger partial charge in [0.05, 0.1) is 12.8 Å². The Hall–Kier alpha value is -2.21. The first kappa shape index (κ1) is 15.2. The minimum absolute atomic E-state index is 0.241. The molecule has 1 aromatic carbocycles. The third-order valence-corrected chi connectivity index (χ3v) is 3.45. The number of para-hydroxylation sites is 1. The van der Waals surface area contributed by atoms with Gasteiger partial charge in [0.1, 0.15) is 6.33 Å². The standard InChI is InChI=1S/C15H20N4O2/c1-5-11-8-7-9-12(6-2)13(11)19-10-16-14(17-15(19)20)18(3)21-4/h7-10H,5-6H2,1-4H3. The molecule has 6 nitrogen and oxygen atoms in total. The van der Waals surface area contributed by atoms with E-state index in [9.17, 15) is 4.79 Å². The van der Waals surface area contributed by atoms with Crippen molar-refractivity contribution in [2.75, 3.05) is 19.2 Å². The Bertz CT molecular complexity index is 659. The molecule has 0 atom stereocenters. The first-order chi connectivity index (χ1) is 10.1. The van der Waals surface area contributed by atoms with E-state index in [1.807, 2.05) is 18.2 Å². The lowest BCUT2D eigenvalue weighted by molar-refractivity contribution is 0.179. The molecule has 0 aliphatic heterocycles. The monoisotopic (exact) mass is 288 g/mol. The number of benzene rings is 1. The molecular weight excluding hydrogens is 268 g/mol. The van der Waals surface area contributed by atoms with Crippen molar-refractivity contribution in [1.29, 1.82) is 0 Å². The molecule has 0 fully saturated rings. The summed E-state index contributed by atoms with van der Waals surface area (Å²) in [6.07, 6.45) is 3.19. The predicted octanol–water partition coefficient (Wildman–Crippen LogP) is 1.75. The highest BCUT2D eigenvalue weighted by Crippen LogP contribution is 2.19. The largest absolute Gasteiger partial charge is 0.356 e. The lowest BCUT2D eigenvalue weighted by Crippen LogP contribution is -2.28. The summed E-state index contributed by atoms with van der Waals surface area (Å²) in [7, 11) is 3.15. The Morgan fingerprint density at radius 2 is 1.86 bits per heavy atom. The van der Waals surface area contributed by atoms with E-state index in [1.54, 1.807) is 7.05 Å². The smallest absolute Gasteiger partial charge is 0.274 e. The van der Waals surface area contributed by atoms with E-state index >= 15 is 0 Å². The third-order valence-electron chi connectivity index (χ3n) is 3.45. The predicted molar refractivity (Wildman–Crippen MR) is 81.8 cm³/mol. The van der Waals surface area contributed by atoms with Gasteiger partial charge in [0, 0.05) is 7.05 Å². The summed E-state index contributed by atoms with van der Waals surface area (Å²) in [4.78, 5) is 25.5. The van der Waals surface area contributed by atoms with Gasteiger partial charge in [-0.1, -0.05) is 32.0 Å². The van der Waals surface area contributed by atoms with Crippen molar-refractivity contribution in [1.82, 2.24) is 14.5 Å². The van der Waals surface area contributed by atoms with Crippen molar-refractivity contribution >= 4 is 5.95 Å². The maximum absolute atomic E-state index is 12.3. The van der Waals surface area contributed by atoms with E-state index in [-0.39, 0.29) is 11.6 Å². The first-order valence-electron chi connectivity index (χ1n) is 6.97. The summed E-state index contributed by atoms with van der Waals surface area (Å²) in [5.41, 5.74) is 2.74. The van der Waals surface area contributed by atoms with Gasteiger partial charge in [-0.15, -0.1) is 0 Å². The van der Waals surface area contributed by atoms with Crippen molar-refractivity contribution in [3.63, 3.8) is 0 Å². The molecule has 0 radical (unpaired) electrons. The fraction of sp³-hybridized carbons (Fsp3) is 0.400. The van der Waals surface area contributed by atoms with E-state index < -0.39 is 0 Å². The van der Waals surface area contributed by atoms with Gasteiger partial charge in [0.25, 0.3) is 5.95 Å². The van der Waals surface area contributed by atoms with E-state index in [0.29, 0.717) is 0 Å². The number of anilines is 1. The van der Waals surface area contributed by atoms with Crippen LogP contribution in [-0.2, 0) is 17.7 Å². The Balaban J connectivity index is 2.60. The lowest BCUT2D eigenvalue weighted by Gasteiger charge is -2.16. The summed E-state index contributed by atoms with van der Waals surface area (Å²) in [6, 6.07) is 6.06. The minimum Gasteiger partial charge on any atom is -0.274 e. The quantitative estimate of drug-likeness (QED) is 0.784. The second-order valence-corrected chi connectivity index (χ2v) is 4.62. The molecule has 1 heterocycles. The van der Waals surface area contributed by atoms with Crippen molar-refractivity contribution in [2.24, 2.45) is 0 Å². The fourth-order valence-electron chi connectivity index (χ4n) is 2.24. The summed E-state index contributed by atoms with van der Waals surface area (Å²) in [6.45, 7) is 4.13. The van der Waals surface area contributed by atoms with Crippen molar-refractivity contribution in [3.8, 4) is 5.69 Å². The van der Waals surface area contributed by atoms with Gasteiger partial charge >= 0.3 is 5.69 Å². The van der Waals surface area contributed by atoms with Gasteiger partial charge < -0.3 is 0 Å². The normalized spacial score (nSPS) is 10.7. The Kier molecular flexibility index (Phi) is 4.70. The van der Waals surface area contributed by atoms with Crippen LogP contribution in [-0.4, -0.2) is 28.7 Å². The third kappa shape index (κ3) is 2.95. The van der Waals surface area contributed by atoms with Crippen LogP contribution in [0.3, 0.4) is 0 Å². The highest BCUT2D eigenvalue weighted by atomic mass is 16.7. The highest BCUT2D eigenvalue weighted by molar-refractivity contribution is 5.48.